The van der Waals surface area contributed by atoms with Crippen LogP contribution in [0.3, 0.4) is 0 Å². The highest BCUT2D eigenvalue weighted by Gasteiger charge is 2.26. The van der Waals surface area contributed by atoms with Crippen molar-refractivity contribution in [2.24, 2.45) is 5.41 Å². The Labute approximate surface area is 115 Å². The molecule has 0 fully saturated rings. The third-order valence-corrected chi connectivity index (χ3v) is 3.72. The Hall–Kier alpha value is -1.82. The number of carbonyl (C=O) groups is 1. The topological polar surface area (TPSA) is 44.1 Å². The highest BCUT2D eigenvalue weighted by Crippen LogP contribution is 2.30. The van der Waals surface area contributed by atoms with Gasteiger partial charge in [-0.1, -0.05) is 20.8 Å². The van der Waals surface area contributed by atoms with Crippen molar-refractivity contribution < 1.29 is 4.79 Å². The van der Waals surface area contributed by atoms with E-state index in [9.17, 15) is 4.79 Å². The summed E-state index contributed by atoms with van der Waals surface area (Å²) in [4.78, 5) is 13.8. The van der Waals surface area contributed by atoms with Gasteiger partial charge in [0.2, 0.25) is 0 Å². The Morgan fingerprint density at radius 1 is 1.37 bits per heavy atom. The molecule has 1 rings (SSSR count). The van der Waals surface area contributed by atoms with Gasteiger partial charge in [0, 0.05) is 24.3 Å². The Balaban J connectivity index is 3.31. The van der Waals surface area contributed by atoms with Crippen LogP contribution in [0.25, 0.3) is 0 Å². The minimum Gasteiger partial charge on any atom is -0.371 e. The molecule has 1 atom stereocenters. The van der Waals surface area contributed by atoms with Crippen LogP contribution >= 0.6 is 0 Å². The van der Waals surface area contributed by atoms with Crippen molar-refractivity contribution in [3.63, 3.8) is 0 Å². The highest BCUT2D eigenvalue weighted by molar-refractivity contribution is 6.00. The van der Waals surface area contributed by atoms with Gasteiger partial charge in [0.05, 0.1) is 11.6 Å². The third-order valence-electron chi connectivity index (χ3n) is 3.72. The predicted octanol–water partition coefficient (Wildman–Crippen LogP) is 3.63. The van der Waals surface area contributed by atoms with E-state index >= 15 is 0 Å². The number of hydrogen-bond acceptors (Lipinski definition) is 3. The van der Waals surface area contributed by atoms with E-state index in [1.54, 1.807) is 25.1 Å². The van der Waals surface area contributed by atoms with Gasteiger partial charge in [0.25, 0.3) is 0 Å². The van der Waals surface area contributed by atoms with Gasteiger partial charge >= 0.3 is 0 Å². The smallest absolute Gasteiger partial charge is 0.161 e. The van der Waals surface area contributed by atoms with Crippen molar-refractivity contribution in [2.75, 3.05) is 11.9 Å². The van der Waals surface area contributed by atoms with Crippen LogP contribution in [0, 0.1) is 16.7 Å². The molecule has 0 aliphatic carbocycles. The number of benzene rings is 1. The zero-order valence-electron chi connectivity index (χ0n) is 12.6. The first kappa shape index (κ1) is 15.2. The maximum Gasteiger partial charge on any atom is 0.161 e. The second-order valence-corrected chi connectivity index (χ2v) is 6.05. The Kier molecular flexibility index (Phi) is 4.36. The fourth-order valence-corrected chi connectivity index (χ4v) is 1.98. The lowest BCUT2D eigenvalue weighted by molar-refractivity contribution is 0.101. The molecule has 0 bridgehead atoms. The molecular weight excluding hydrogens is 236 g/mol. The van der Waals surface area contributed by atoms with Crippen molar-refractivity contribution in [3.8, 4) is 6.07 Å². The van der Waals surface area contributed by atoms with Gasteiger partial charge in [-0.25, -0.2) is 0 Å². The molecule has 0 heterocycles. The summed E-state index contributed by atoms with van der Waals surface area (Å²) in [6, 6.07) is 7.60. The number of Topliss-reactive ketones (excluding diaryl/α,β-unsaturated/α-hetero) is 1. The molecule has 0 aliphatic heterocycles. The van der Waals surface area contributed by atoms with Crippen LogP contribution in [0.2, 0.25) is 0 Å². The lowest BCUT2D eigenvalue weighted by Gasteiger charge is -2.37. The summed E-state index contributed by atoms with van der Waals surface area (Å²) in [6.45, 7) is 10.2. The van der Waals surface area contributed by atoms with Crippen LogP contribution in [0.4, 0.5) is 5.69 Å². The average molecular weight is 258 g/mol. The van der Waals surface area contributed by atoms with Crippen molar-refractivity contribution in [1.29, 1.82) is 5.26 Å². The monoisotopic (exact) mass is 258 g/mol. The second-order valence-electron chi connectivity index (χ2n) is 6.05. The molecule has 0 spiro atoms. The molecule has 3 nitrogen and oxygen atoms in total. The van der Waals surface area contributed by atoms with E-state index in [1.165, 1.54) is 0 Å². The lowest BCUT2D eigenvalue weighted by atomic mass is 9.86. The molecular formula is C16H22N2O. The largest absolute Gasteiger partial charge is 0.371 e. The number of hydrogen-bond donors (Lipinski definition) is 0. The number of carbonyl (C=O) groups excluding carboxylic acids is 1. The minimum absolute atomic E-state index is 0.0208. The molecule has 0 aromatic heterocycles. The highest BCUT2D eigenvalue weighted by atomic mass is 16.1. The van der Waals surface area contributed by atoms with E-state index < -0.39 is 0 Å². The molecule has 0 radical (unpaired) electrons. The molecule has 102 valence electrons. The SMILES string of the molecule is CC(=O)c1ccc(C#N)cc1N(C)C(C)C(C)(C)C. The summed E-state index contributed by atoms with van der Waals surface area (Å²) < 4.78 is 0. The van der Waals surface area contributed by atoms with E-state index in [4.69, 9.17) is 5.26 Å². The quantitative estimate of drug-likeness (QED) is 0.778. The minimum atomic E-state index is 0.0208. The molecule has 3 heteroatoms. The van der Waals surface area contributed by atoms with Crippen molar-refractivity contribution >= 4 is 11.5 Å². The van der Waals surface area contributed by atoms with Crippen LogP contribution < -0.4 is 4.90 Å². The maximum atomic E-state index is 11.7. The van der Waals surface area contributed by atoms with E-state index in [0.717, 1.165) is 5.69 Å². The van der Waals surface area contributed by atoms with Crippen molar-refractivity contribution in [3.05, 3.63) is 29.3 Å². The summed E-state index contributed by atoms with van der Waals surface area (Å²) in [5, 5.41) is 9.02. The van der Waals surface area contributed by atoms with Gasteiger partial charge in [0.15, 0.2) is 5.78 Å². The molecule has 0 amide bonds. The Morgan fingerprint density at radius 3 is 2.37 bits per heavy atom. The van der Waals surface area contributed by atoms with Crippen LogP contribution in [0.1, 0.15) is 50.5 Å². The zero-order valence-corrected chi connectivity index (χ0v) is 12.6. The predicted molar refractivity (Wildman–Crippen MR) is 78.5 cm³/mol. The molecule has 0 aliphatic rings. The van der Waals surface area contributed by atoms with Crippen molar-refractivity contribution in [2.45, 2.75) is 40.7 Å². The number of nitriles is 1. The van der Waals surface area contributed by atoms with Gasteiger partial charge in [0.1, 0.15) is 0 Å². The van der Waals surface area contributed by atoms with Gasteiger partial charge < -0.3 is 4.90 Å². The second kappa shape index (κ2) is 5.44. The molecule has 1 aromatic rings. The molecule has 1 unspecified atom stereocenters. The number of anilines is 1. The molecule has 0 saturated heterocycles. The number of nitrogens with zero attached hydrogens (tertiary/aromatic N) is 2. The number of rotatable bonds is 3. The maximum absolute atomic E-state index is 11.7. The fraction of sp³-hybridized carbons (Fsp3) is 0.500. The normalized spacial score (nSPS) is 12.7. The summed E-state index contributed by atoms with van der Waals surface area (Å²) in [6.07, 6.45) is 0. The first-order valence-electron chi connectivity index (χ1n) is 6.46. The first-order valence-corrected chi connectivity index (χ1v) is 6.46. The van der Waals surface area contributed by atoms with E-state index in [-0.39, 0.29) is 17.2 Å². The van der Waals surface area contributed by atoms with Gasteiger partial charge in [-0.3, -0.25) is 4.79 Å². The van der Waals surface area contributed by atoms with Gasteiger partial charge in [-0.15, -0.1) is 0 Å². The molecule has 1 aromatic carbocycles. The third kappa shape index (κ3) is 3.35. The van der Waals surface area contributed by atoms with E-state index in [1.807, 2.05) is 7.05 Å². The van der Waals surface area contributed by atoms with Gasteiger partial charge in [-0.05, 0) is 37.5 Å². The Bertz CT molecular complexity index is 521. The van der Waals surface area contributed by atoms with Crippen LogP contribution in [0.15, 0.2) is 18.2 Å². The van der Waals surface area contributed by atoms with Crippen LogP contribution in [-0.2, 0) is 0 Å². The average Bonchev–Trinajstić information content (AvgIpc) is 2.34. The van der Waals surface area contributed by atoms with E-state index in [2.05, 4.69) is 38.7 Å². The van der Waals surface area contributed by atoms with Crippen LogP contribution in [0.5, 0.6) is 0 Å². The summed E-state index contributed by atoms with van der Waals surface area (Å²) in [7, 11) is 1.97. The first-order chi connectivity index (χ1) is 8.68. The standard InChI is InChI=1S/C16H22N2O/c1-11(19)14-8-7-13(10-17)9-15(14)18(6)12(2)16(3,4)5/h7-9,12H,1-6H3. The zero-order chi connectivity index (χ0) is 14.8. The summed E-state index contributed by atoms with van der Waals surface area (Å²) in [5.41, 5.74) is 2.16. The lowest BCUT2D eigenvalue weighted by Crippen LogP contribution is -2.40. The molecule has 0 saturated carbocycles. The molecule has 19 heavy (non-hydrogen) atoms. The summed E-state index contributed by atoms with van der Waals surface area (Å²) >= 11 is 0. The van der Waals surface area contributed by atoms with Crippen molar-refractivity contribution in [1.82, 2.24) is 0 Å². The summed E-state index contributed by atoms with van der Waals surface area (Å²) in [5.74, 6) is 0.0208. The fourth-order valence-electron chi connectivity index (χ4n) is 1.98. The Morgan fingerprint density at radius 2 is 1.95 bits per heavy atom. The van der Waals surface area contributed by atoms with E-state index in [0.29, 0.717) is 11.1 Å². The van der Waals surface area contributed by atoms with Gasteiger partial charge in [-0.2, -0.15) is 5.26 Å². The van der Waals surface area contributed by atoms with Crippen LogP contribution in [-0.4, -0.2) is 18.9 Å². The molecule has 0 N–H and O–H groups in total. The number of ketones is 1.